The molecule has 0 saturated carbocycles. The number of para-hydroxylation sites is 1. The first kappa shape index (κ1) is 15.1. The highest BCUT2D eigenvalue weighted by atomic mass is 32.1. The molecule has 110 valence electrons. The third kappa shape index (κ3) is 4.35. The van der Waals surface area contributed by atoms with E-state index < -0.39 is 35.8 Å². The van der Waals surface area contributed by atoms with E-state index in [-0.39, 0.29) is 6.42 Å². The van der Waals surface area contributed by atoms with Gasteiger partial charge in [-0.25, -0.2) is 8.78 Å². The van der Waals surface area contributed by atoms with Gasteiger partial charge in [-0.05, 0) is 34.5 Å². The van der Waals surface area contributed by atoms with Crippen LogP contribution in [0.2, 0.25) is 0 Å². The molecule has 0 spiro atoms. The van der Waals surface area contributed by atoms with Gasteiger partial charge in [0.1, 0.15) is 17.3 Å². The lowest BCUT2D eigenvalue weighted by molar-refractivity contribution is -0.146. The predicted molar refractivity (Wildman–Crippen MR) is 74.0 cm³/mol. The molecule has 1 amide bonds. The van der Waals surface area contributed by atoms with Gasteiger partial charge in [0.2, 0.25) is 0 Å². The third-order valence-electron chi connectivity index (χ3n) is 2.52. The zero-order chi connectivity index (χ0) is 15.2. The Morgan fingerprint density at radius 1 is 1.19 bits per heavy atom. The van der Waals surface area contributed by atoms with Gasteiger partial charge in [0.15, 0.2) is 6.61 Å². The van der Waals surface area contributed by atoms with Crippen molar-refractivity contribution in [1.29, 1.82) is 0 Å². The molecule has 1 N–H and O–H groups in total. The number of anilines is 1. The molecule has 1 heterocycles. The number of nitrogens with one attached hydrogen (secondary N) is 1. The molecule has 0 unspecified atom stereocenters. The lowest BCUT2D eigenvalue weighted by Crippen LogP contribution is -2.22. The highest BCUT2D eigenvalue weighted by Crippen LogP contribution is 2.17. The Kier molecular flexibility index (Phi) is 4.99. The topological polar surface area (TPSA) is 55.4 Å². The first-order valence-electron chi connectivity index (χ1n) is 5.97. The Bertz CT molecular complexity index is 623. The zero-order valence-corrected chi connectivity index (χ0v) is 11.6. The van der Waals surface area contributed by atoms with E-state index in [4.69, 9.17) is 4.74 Å². The fraction of sp³-hybridized carbons (Fsp3) is 0.143. The summed E-state index contributed by atoms with van der Waals surface area (Å²) >= 11 is 1.44. The van der Waals surface area contributed by atoms with Gasteiger partial charge in [0.05, 0.1) is 6.42 Å². The summed E-state index contributed by atoms with van der Waals surface area (Å²) in [4.78, 5) is 23.0. The lowest BCUT2D eigenvalue weighted by Gasteiger charge is -2.08. The van der Waals surface area contributed by atoms with Gasteiger partial charge in [-0.2, -0.15) is 11.3 Å². The molecule has 0 fully saturated rings. The molecule has 0 atom stereocenters. The zero-order valence-electron chi connectivity index (χ0n) is 10.8. The highest BCUT2D eigenvalue weighted by molar-refractivity contribution is 7.07. The van der Waals surface area contributed by atoms with Crippen LogP contribution in [0.3, 0.4) is 0 Å². The molecule has 0 saturated heterocycles. The van der Waals surface area contributed by atoms with Crippen LogP contribution in [0.25, 0.3) is 0 Å². The van der Waals surface area contributed by atoms with Crippen LogP contribution in [-0.2, 0) is 20.7 Å². The number of thiophene rings is 1. The normalized spacial score (nSPS) is 10.2. The van der Waals surface area contributed by atoms with E-state index in [2.05, 4.69) is 0 Å². The molecule has 0 aliphatic heterocycles. The third-order valence-corrected chi connectivity index (χ3v) is 3.25. The molecule has 2 aromatic rings. The Morgan fingerprint density at radius 3 is 2.52 bits per heavy atom. The van der Waals surface area contributed by atoms with Crippen molar-refractivity contribution in [2.24, 2.45) is 0 Å². The maximum absolute atomic E-state index is 13.3. The van der Waals surface area contributed by atoms with E-state index in [9.17, 15) is 18.4 Å². The molecular formula is C14H11F2NO3S. The van der Waals surface area contributed by atoms with Crippen molar-refractivity contribution < 1.29 is 23.1 Å². The lowest BCUT2D eigenvalue weighted by atomic mass is 10.2. The maximum Gasteiger partial charge on any atom is 0.310 e. The summed E-state index contributed by atoms with van der Waals surface area (Å²) in [7, 11) is 0. The molecule has 2 rings (SSSR count). The molecule has 1 aromatic carbocycles. The number of esters is 1. The smallest absolute Gasteiger partial charge is 0.310 e. The van der Waals surface area contributed by atoms with Gasteiger partial charge in [-0.3, -0.25) is 9.59 Å². The molecular weight excluding hydrogens is 300 g/mol. The van der Waals surface area contributed by atoms with Crippen molar-refractivity contribution in [3.8, 4) is 0 Å². The number of benzene rings is 1. The second kappa shape index (κ2) is 6.94. The average molecular weight is 311 g/mol. The Labute approximate surface area is 123 Å². The number of hydrogen-bond acceptors (Lipinski definition) is 4. The number of carbonyl (C=O) groups is 2. The predicted octanol–water partition coefficient (Wildman–Crippen LogP) is 2.75. The molecule has 0 aliphatic carbocycles. The van der Waals surface area contributed by atoms with Crippen molar-refractivity contribution in [1.82, 2.24) is 0 Å². The van der Waals surface area contributed by atoms with Gasteiger partial charge in [-0.1, -0.05) is 6.07 Å². The number of rotatable bonds is 5. The second-order valence-corrected chi connectivity index (χ2v) is 4.89. The summed E-state index contributed by atoms with van der Waals surface area (Å²) in [6, 6.07) is 4.98. The van der Waals surface area contributed by atoms with Crippen molar-refractivity contribution >= 4 is 28.9 Å². The van der Waals surface area contributed by atoms with Gasteiger partial charge in [-0.15, -0.1) is 0 Å². The first-order chi connectivity index (χ1) is 10.1. The number of halogens is 2. The van der Waals surface area contributed by atoms with Crippen LogP contribution in [0.15, 0.2) is 35.0 Å². The SMILES string of the molecule is O=C(COC(=O)Cc1ccsc1)Nc1c(F)cccc1F. The van der Waals surface area contributed by atoms with Gasteiger partial charge < -0.3 is 10.1 Å². The summed E-state index contributed by atoms with van der Waals surface area (Å²) < 4.78 is 31.3. The van der Waals surface area contributed by atoms with Gasteiger partial charge >= 0.3 is 5.97 Å². The average Bonchev–Trinajstić information content (AvgIpc) is 2.94. The molecule has 1 aromatic heterocycles. The van der Waals surface area contributed by atoms with E-state index in [0.717, 1.165) is 17.7 Å². The Hall–Kier alpha value is -2.28. The van der Waals surface area contributed by atoms with E-state index in [1.807, 2.05) is 10.7 Å². The largest absolute Gasteiger partial charge is 0.455 e. The minimum absolute atomic E-state index is 0.0465. The molecule has 0 radical (unpaired) electrons. The summed E-state index contributed by atoms with van der Waals surface area (Å²) in [5.74, 6) is -3.18. The van der Waals surface area contributed by atoms with Crippen LogP contribution in [0.1, 0.15) is 5.56 Å². The highest BCUT2D eigenvalue weighted by Gasteiger charge is 2.13. The molecule has 21 heavy (non-hydrogen) atoms. The summed E-state index contributed by atoms with van der Waals surface area (Å²) in [6.07, 6.45) is 0.0465. The first-order valence-corrected chi connectivity index (χ1v) is 6.91. The van der Waals surface area contributed by atoms with Crippen molar-refractivity contribution in [2.75, 3.05) is 11.9 Å². The standard InChI is InChI=1S/C14H11F2NO3S/c15-10-2-1-3-11(16)14(10)17-12(18)7-20-13(19)6-9-4-5-21-8-9/h1-5,8H,6-7H2,(H,17,18). The van der Waals surface area contributed by atoms with Crippen LogP contribution in [-0.4, -0.2) is 18.5 Å². The van der Waals surface area contributed by atoms with Crippen LogP contribution < -0.4 is 5.32 Å². The Morgan fingerprint density at radius 2 is 1.90 bits per heavy atom. The molecule has 0 bridgehead atoms. The van der Waals surface area contributed by atoms with E-state index >= 15 is 0 Å². The fourth-order valence-electron chi connectivity index (χ4n) is 1.55. The van der Waals surface area contributed by atoms with E-state index in [0.29, 0.717) is 0 Å². The van der Waals surface area contributed by atoms with Crippen LogP contribution in [0.5, 0.6) is 0 Å². The summed E-state index contributed by atoms with van der Waals surface area (Å²) in [5.41, 5.74) is 0.224. The molecule has 0 aliphatic rings. The van der Waals surface area contributed by atoms with Crippen molar-refractivity contribution in [2.45, 2.75) is 6.42 Å². The van der Waals surface area contributed by atoms with Crippen LogP contribution >= 0.6 is 11.3 Å². The number of carbonyl (C=O) groups excluding carboxylic acids is 2. The number of ether oxygens (including phenoxy) is 1. The van der Waals surface area contributed by atoms with E-state index in [1.165, 1.54) is 17.4 Å². The number of hydrogen-bond donors (Lipinski definition) is 1. The second-order valence-electron chi connectivity index (χ2n) is 4.11. The van der Waals surface area contributed by atoms with Crippen LogP contribution in [0.4, 0.5) is 14.5 Å². The Balaban J connectivity index is 1.83. The van der Waals surface area contributed by atoms with E-state index in [1.54, 1.807) is 11.4 Å². The minimum atomic E-state index is -0.895. The maximum atomic E-state index is 13.3. The quantitative estimate of drug-likeness (QED) is 0.864. The summed E-state index contributed by atoms with van der Waals surface area (Å²) in [6.45, 7) is -0.600. The molecule has 7 heteroatoms. The van der Waals surface area contributed by atoms with Crippen LogP contribution in [0, 0.1) is 11.6 Å². The fourth-order valence-corrected chi connectivity index (χ4v) is 2.22. The van der Waals surface area contributed by atoms with Gasteiger partial charge in [0, 0.05) is 0 Å². The summed E-state index contributed by atoms with van der Waals surface area (Å²) in [5, 5.41) is 5.63. The van der Waals surface area contributed by atoms with Crippen molar-refractivity contribution in [3.05, 3.63) is 52.2 Å². The molecule has 4 nitrogen and oxygen atoms in total. The van der Waals surface area contributed by atoms with Crippen molar-refractivity contribution in [3.63, 3.8) is 0 Å². The van der Waals surface area contributed by atoms with Gasteiger partial charge in [0.25, 0.3) is 5.91 Å². The number of amides is 1. The monoisotopic (exact) mass is 311 g/mol. The minimum Gasteiger partial charge on any atom is -0.455 e.